The van der Waals surface area contributed by atoms with E-state index < -0.39 is 0 Å². The quantitative estimate of drug-likeness (QED) is 0.795. The number of amides is 1. The summed E-state index contributed by atoms with van der Waals surface area (Å²) < 4.78 is 0. The summed E-state index contributed by atoms with van der Waals surface area (Å²) in [5.74, 6) is 0.386. The largest absolute Gasteiger partial charge is 0.310 e. The minimum atomic E-state index is -0.0656. The second kappa shape index (κ2) is 5.65. The molecule has 4 heteroatoms. The molecule has 0 aliphatic rings. The molecule has 3 nitrogen and oxygen atoms in total. The third kappa shape index (κ3) is 2.68. The number of pyridine rings is 1. The highest BCUT2D eigenvalue weighted by molar-refractivity contribution is 6.17. The Hall–Kier alpha value is -1.87. The summed E-state index contributed by atoms with van der Waals surface area (Å²) in [6, 6.07) is 10.9. The Labute approximate surface area is 111 Å². The second-order valence-corrected chi connectivity index (χ2v) is 4.17. The lowest BCUT2D eigenvalue weighted by Gasteiger charge is -2.16. The van der Waals surface area contributed by atoms with Gasteiger partial charge in [-0.15, -0.1) is 11.6 Å². The van der Waals surface area contributed by atoms with Gasteiger partial charge in [0.1, 0.15) is 0 Å². The van der Waals surface area contributed by atoms with Crippen LogP contribution in [-0.4, -0.2) is 17.9 Å². The van der Waals surface area contributed by atoms with E-state index in [-0.39, 0.29) is 5.91 Å². The predicted octanol–water partition coefficient (Wildman–Crippen LogP) is 3.10. The fourth-order valence-electron chi connectivity index (χ4n) is 1.60. The maximum Gasteiger partial charge on any atom is 0.258 e. The zero-order valence-electron chi connectivity index (χ0n) is 10.0. The van der Waals surface area contributed by atoms with Gasteiger partial charge in [0.15, 0.2) is 0 Å². The van der Waals surface area contributed by atoms with E-state index in [9.17, 15) is 4.79 Å². The number of carbonyl (C=O) groups is 1. The highest BCUT2D eigenvalue weighted by Crippen LogP contribution is 2.14. The van der Waals surface area contributed by atoms with E-state index in [1.807, 2.05) is 18.2 Å². The van der Waals surface area contributed by atoms with Gasteiger partial charge in [0.2, 0.25) is 0 Å². The van der Waals surface area contributed by atoms with Crippen molar-refractivity contribution in [3.05, 3.63) is 59.9 Å². The Morgan fingerprint density at radius 1 is 1.28 bits per heavy atom. The second-order valence-electron chi connectivity index (χ2n) is 3.91. The molecule has 0 aliphatic heterocycles. The van der Waals surface area contributed by atoms with Crippen molar-refractivity contribution in [1.29, 1.82) is 0 Å². The van der Waals surface area contributed by atoms with Crippen LogP contribution in [-0.2, 0) is 5.88 Å². The number of anilines is 1. The first-order valence-electron chi connectivity index (χ1n) is 5.55. The van der Waals surface area contributed by atoms with Crippen LogP contribution in [0.5, 0.6) is 0 Å². The molecular weight excluding hydrogens is 248 g/mol. The van der Waals surface area contributed by atoms with Crippen LogP contribution in [0.1, 0.15) is 15.9 Å². The van der Waals surface area contributed by atoms with Gasteiger partial charge in [-0.2, -0.15) is 0 Å². The average Bonchev–Trinajstić information content (AvgIpc) is 2.47. The molecule has 2 aromatic rings. The van der Waals surface area contributed by atoms with Crippen molar-refractivity contribution in [2.45, 2.75) is 5.88 Å². The van der Waals surface area contributed by atoms with E-state index >= 15 is 0 Å². The summed E-state index contributed by atoms with van der Waals surface area (Å²) in [4.78, 5) is 17.8. The van der Waals surface area contributed by atoms with Crippen LogP contribution in [0.3, 0.4) is 0 Å². The molecule has 0 spiro atoms. The summed E-state index contributed by atoms with van der Waals surface area (Å²) in [5.41, 5.74) is 2.40. The number of halogens is 1. The number of aromatic nitrogens is 1. The van der Waals surface area contributed by atoms with Crippen molar-refractivity contribution in [3.8, 4) is 0 Å². The molecule has 1 amide bonds. The Morgan fingerprint density at radius 2 is 2.00 bits per heavy atom. The Kier molecular flexibility index (Phi) is 3.95. The summed E-state index contributed by atoms with van der Waals surface area (Å²) in [5, 5.41) is 0. The van der Waals surface area contributed by atoms with Crippen LogP contribution >= 0.6 is 11.6 Å². The molecule has 0 saturated heterocycles. The molecule has 1 heterocycles. The lowest BCUT2D eigenvalue weighted by Crippen LogP contribution is -2.26. The van der Waals surface area contributed by atoms with Gasteiger partial charge < -0.3 is 4.90 Å². The van der Waals surface area contributed by atoms with Gasteiger partial charge in [0.05, 0.1) is 11.9 Å². The van der Waals surface area contributed by atoms with Crippen molar-refractivity contribution in [2.75, 3.05) is 11.9 Å². The molecule has 0 radical (unpaired) electrons. The molecule has 0 saturated carbocycles. The fraction of sp³-hybridized carbons (Fsp3) is 0.143. The lowest BCUT2D eigenvalue weighted by molar-refractivity contribution is 0.0993. The molecule has 1 aromatic heterocycles. The summed E-state index contributed by atoms with van der Waals surface area (Å²) in [6.07, 6.45) is 3.34. The third-order valence-electron chi connectivity index (χ3n) is 2.69. The summed E-state index contributed by atoms with van der Waals surface area (Å²) in [7, 11) is 1.73. The van der Waals surface area contributed by atoms with E-state index in [1.165, 1.54) is 0 Å². The Bertz CT molecular complexity index is 525. The molecule has 0 N–H and O–H groups in total. The van der Waals surface area contributed by atoms with Gasteiger partial charge in [-0.25, -0.2) is 0 Å². The van der Waals surface area contributed by atoms with Gasteiger partial charge in [0, 0.05) is 24.7 Å². The van der Waals surface area contributed by atoms with E-state index in [0.29, 0.717) is 11.4 Å². The molecule has 0 bridgehead atoms. The molecule has 2 rings (SSSR count). The highest BCUT2D eigenvalue weighted by Gasteiger charge is 2.12. The summed E-state index contributed by atoms with van der Waals surface area (Å²) in [6.45, 7) is 0. The minimum Gasteiger partial charge on any atom is -0.310 e. The van der Waals surface area contributed by atoms with Crippen LogP contribution in [0.2, 0.25) is 0 Å². The van der Waals surface area contributed by atoms with Crippen molar-refractivity contribution < 1.29 is 4.79 Å². The third-order valence-corrected chi connectivity index (χ3v) is 3.00. The molecule has 1 aromatic carbocycles. The average molecular weight is 261 g/mol. The SMILES string of the molecule is CN(C(=O)c1ccc(CCl)cc1)c1cccnc1. The lowest BCUT2D eigenvalue weighted by atomic mass is 10.1. The molecule has 0 atom stereocenters. The molecule has 0 unspecified atom stereocenters. The van der Waals surface area contributed by atoms with Crippen LogP contribution in [0.25, 0.3) is 0 Å². The van der Waals surface area contributed by atoms with Gasteiger partial charge >= 0.3 is 0 Å². The number of hydrogen-bond acceptors (Lipinski definition) is 2. The molecule has 0 fully saturated rings. The van der Waals surface area contributed by atoms with Crippen LogP contribution in [0.15, 0.2) is 48.8 Å². The number of carbonyl (C=O) groups excluding carboxylic acids is 1. The maximum absolute atomic E-state index is 12.2. The summed E-state index contributed by atoms with van der Waals surface area (Å²) >= 11 is 5.71. The Balaban J connectivity index is 2.20. The monoisotopic (exact) mass is 260 g/mol. The van der Waals surface area contributed by atoms with Crippen molar-refractivity contribution >= 4 is 23.2 Å². The molecule has 18 heavy (non-hydrogen) atoms. The van der Waals surface area contributed by atoms with Crippen LogP contribution in [0.4, 0.5) is 5.69 Å². The zero-order valence-corrected chi connectivity index (χ0v) is 10.8. The first-order chi connectivity index (χ1) is 8.72. The van der Waals surface area contributed by atoms with Gasteiger partial charge in [0.25, 0.3) is 5.91 Å². The van der Waals surface area contributed by atoms with E-state index in [1.54, 1.807) is 42.5 Å². The van der Waals surface area contributed by atoms with Crippen molar-refractivity contribution in [3.63, 3.8) is 0 Å². The van der Waals surface area contributed by atoms with Crippen LogP contribution < -0.4 is 4.90 Å². The van der Waals surface area contributed by atoms with E-state index in [2.05, 4.69) is 4.98 Å². The number of rotatable bonds is 3. The van der Waals surface area contributed by atoms with E-state index in [0.717, 1.165) is 11.3 Å². The first-order valence-corrected chi connectivity index (χ1v) is 6.09. The number of alkyl halides is 1. The van der Waals surface area contributed by atoms with Gasteiger partial charge in [-0.1, -0.05) is 12.1 Å². The minimum absolute atomic E-state index is 0.0656. The number of nitrogens with zero attached hydrogens (tertiary/aromatic N) is 2. The fourth-order valence-corrected chi connectivity index (χ4v) is 1.78. The number of hydrogen-bond donors (Lipinski definition) is 0. The van der Waals surface area contributed by atoms with Crippen LogP contribution in [0, 0.1) is 0 Å². The zero-order chi connectivity index (χ0) is 13.0. The maximum atomic E-state index is 12.2. The normalized spacial score (nSPS) is 10.1. The van der Waals surface area contributed by atoms with E-state index in [4.69, 9.17) is 11.6 Å². The van der Waals surface area contributed by atoms with Crippen molar-refractivity contribution in [1.82, 2.24) is 4.98 Å². The highest BCUT2D eigenvalue weighted by atomic mass is 35.5. The first kappa shape index (κ1) is 12.6. The standard InChI is InChI=1S/C14H13ClN2O/c1-17(13-3-2-8-16-10-13)14(18)12-6-4-11(9-15)5-7-12/h2-8,10H,9H2,1H3. The van der Waals surface area contributed by atoms with Gasteiger partial charge in [-0.3, -0.25) is 9.78 Å². The Morgan fingerprint density at radius 3 is 2.56 bits per heavy atom. The van der Waals surface area contributed by atoms with Crippen molar-refractivity contribution in [2.24, 2.45) is 0 Å². The molecule has 0 aliphatic carbocycles. The van der Waals surface area contributed by atoms with Gasteiger partial charge in [-0.05, 0) is 29.8 Å². The molecule has 92 valence electrons. The smallest absolute Gasteiger partial charge is 0.258 e. The predicted molar refractivity (Wildman–Crippen MR) is 73.0 cm³/mol. The topological polar surface area (TPSA) is 33.2 Å². The number of benzene rings is 1. The molecular formula is C14H13ClN2O.